The van der Waals surface area contributed by atoms with Crippen LogP contribution in [0.4, 0.5) is 0 Å². The first kappa shape index (κ1) is 19.5. The number of rotatable bonds is 9. The number of carbonyl (C=O) groups is 2. The van der Waals surface area contributed by atoms with Crippen molar-refractivity contribution in [2.45, 2.75) is 25.7 Å². The molecule has 0 aromatic heterocycles. The SMILES string of the molecule is N#C/C(=C/NCCCNC=O)C(=O)N1CCC(Cc2ccccc2)CC1. The molecule has 1 aliphatic heterocycles. The molecule has 1 heterocycles. The largest absolute Gasteiger partial charge is 0.390 e. The maximum atomic E-state index is 12.5. The average Bonchev–Trinajstić information content (AvgIpc) is 2.68. The second-order valence-corrected chi connectivity index (χ2v) is 6.47. The van der Waals surface area contributed by atoms with Crippen molar-refractivity contribution in [3.8, 4) is 6.07 Å². The Bertz CT molecular complexity index is 644. The summed E-state index contributed by atoms with van der Waals surface area (Å²) in [6.07, 6.45) is 5.84. The summed E-state index contributed by atoms with van der Waals surface area (Å²) < 4.78 is 0. The van der Waals surface area contributed by atoms with Crippen molar-refractivity contribution < 1.29 is 9.59 Å². The highest BCUT2D eigenvalue weighted by molar-refractivity contribution is 5.97. The average molecular weight is 354 g/mol. The second kappa shape index (κ2) is 10.9. The third kappa shape index (κ3) is 6.25. The lowest BCUT2D eigenvalue weighted by Gasteiger charge is -2.32. The summed E-state index contributed by atoms with van der Waals surface area (Å²) in [5, 5.41) is 14.8. The van der Waals surface area contributed by atoms with Crippen LogP contribution in [0.1, 0.15) is 24.8 Å². The third-order valence-electron chi connectivity index (χ3n) is 4.59. The Morgan fingerprint density at radius 2 is 1.88 bits per heavy atom. The minimum Gasteiger partial charge on any atom is -0.390 e. The highest BCUT2D eigenvalue weighted by atomic mass is 16.2. The van der Waals surface area contributed by atoms with E-state index >= 15 is 0 Å². The Hall–Kier alpha value is -2.81. The maximum absolute atomic E-state index is 12.5. The molecule has 0 aliphatic carbocycles. The van der Waals surface area contributed by atoms with E-state index in [0.717, 1.165) is 25.7 Å². The van der Waals surface area contributed by atoms with Crippen molar-refractivity contribution in [1.82, 2.24) is 15.5 Å². The van der Waals surface area contributed by atoms with Gasteiger partial charge >= 0.3 is 0 Å². The van der Waals surface area contributed by atoms with Crippen molar-refractivity contribution in [2.24, 2.45) is 5.92 Å². The third-order valence-corrected chi connectivity index (χ3v) is 4.59. The smallest absolute Gasteiger partial charge is 0.265 e. The Balaban J connectivity index is 1.76. The quantitative estimate of drug-likeness (QED) is 0.305. The van der Waals surface area contributed by atoms with Gasteiger partial charge in [0.15, 0.2) is 0 Å². The van der Waals surface area contributed by atoms with Crippen molar-refractivity contribution in [2.75, 3.05) is 26.2 Å². The normalized spacial score (nSPS) is 15.2. The van der Waals surface area contributed by atoms with Crippen LogP contribution in [0.25, 0.3) is 0 Å². The van der Waals surface area contributed by atoms with Crippen LogP contribution in [-0.2, 0) is 16.0 Å². The van der Waals surface area contributed by atoms with Gasteiger partial charge in [-0.1, -0.05) is 30.3 Å². The number of hydrogen-bond donors (Lipinski definition) is 2. The first-order chi connectivity index (χ1) is 12.7. The van der Waals surface area contributed by atoms with E-state index in [9.17, 15) is 14.9 Å². The predicted octanol–water partition coefficient (Wildman–Crippen LogP) is 1.60. The fourth-order valence-electron chi connectivity index (χ4n) is 3.13. The van der Waals surface area contributed by atoms with Crippen molar-refractivity contribution in [3.05, 3.63) is 47.7 Å². The number of nitriles is 1. The summed E-state index contributed by atoms with van der Waals surface area (Å²) in [6, 6.07) is 12.4. The number of amides is 2. The van der Waals surface area contributed by atoms with Gasteiger partial charge in [0.25, 0.3) is 5.91 Å². The molecule has 1 aliphatic rings. The number of nitrogens with one attached hydrogen (secondary N) is 2. The molecular formula is C20H26N4O2. The number of likely N-dealkylation sites (tertiary alicyclic amines) is 1. The van der Waals surface area contributed by atoms with Gasteiger partial charge in [-0.3, -0.25) is 9.59 Å². The van der Waals surface area contributed by atoms with Crippen molar-refractivity contribution >= 4 is 12.3 Å². The summed E-state index contributed by atoms with van der Waals surface area (Å²) in [7, 11) is 0. The molecule has 2 amide bonds. The lowest BCUT2D eigenvalue weighted by Crippen LogP contribution is -2.39. The highest BCUT2D eigenvalue weighted by Crippen LogP contribution is 2.22. The molecule has 1 aromatic rings. The van der Waals surface area contributed by atoms with E-state index in [2.05, 4.69) is 34.9 Å². The fraction of sp³-hybridized carbons (Fsp3) is 0.450. The van der Waals surface area contributed by atoms with E-state index < -0.39 is 0 Å². The Kier molecular flexibility index (Phi) is 8.20. The van der Waals surface area contributed by atoms with Gasteiger partial charge in [0.05, 0.1) is 0 Å². The van der Waals surface area contributed by atoms with E-state index in [4.69, 9.17) is 0 Å². The molecule has 6 heteroatoms. The van der Waals surface area contributed by atoms with Gasteiger partial charge in [-0.15, -0.1) is 0 Å². The minimum atomic E-state index is -0.204. The maximum Gasteiger partial charge on any atom is 0.265 e. The summed E-state index contributed by atoms with van der Waals surface area (Å²) in [4.78, 5) is 24.4. The number of carbonyl (C=O) groups excluding carboxylic acids is 2. The lowest BCUT2D eigenvalue weighted by molar-refractivity contribution is -0.128. The van der Waals surface area contributed by atoms with E-state index in [1.54, 1.807) is 4.90 Å². The Morgan fingerprint density at radius 1 is 1.19 bits per heavy atom. The Labute approximate surface area is 154 Å². The van der Waals surface area contributed by atoms with Crippen LogP contribution in [0.5, 0.6) is 0 Å². The first-order valence-electron chi connectivity index (χ1n) is 9.08. The monoisotopic (exact) mass is 354 g/mol. The zero-order valence-electron chi connectivity index (χ0n) is 15.0. The first-order valence-corrected chi connectivity index (χ1v) is 9.08. The standard InChI is InChI=1S/C20H26N4O2/c21-14-19(15-22-9-4-10-23-16-25)20(26)24-11-7-18(8-12-24)13-17-5-2-1-3-6-17/h1-3,5-6,15-16,18,22H,4,7-13H2,(H,23,25)/b19-15-. The van der Waals surface area contributed by atoms with E-state index in [1.165, 1.54) is 11.8 Å². The molecule has 0 unspecified atom stereocenters. The minimum absolute atomic E-state index is 0.134. The number of hydrogen-bond acceptors (Lipinski definition) is 4. The highest BCUT2D eigenvalue weighted by Gasteiger charge is 2.25. The molecule has 2 rings (SSSR count). The van der Waals surface area contributed by atoms with Crippen molar-refractivity contribution in [1.29, 1.82) is 5.26 Å². The zero-order chi connectivity index (χ0) is 18.6. The van der Waals surface area contributed by atoms with Crippen LogP contribution in [-0.4, -0.2) is 43.4 Å². The fourth-order valence-corrected chi connectivity index (χ4v) is 3.13. The van der Waals surface area contributed by atoms with Gasteiger partial charge in [0, 0.05) is 32.4 Å². The van der Waals surface area contributed by atoms with Gasteiger partial charge < -0.3 is 15.5 Å². The van der Waals surface area contributed by atoms with E-state index in [0.29, 0.717) is 38.5 Å². The second-order valence-electron chi connectivity index (χ2n) is 6.47. The van der Waals surface area contributed by atoms with E-state index in [-0.39, 0.29) is 11.5 Å². The molecular weight excluding hydrogens is 328 g/mol. The van der Waals surface area contributed by atoms with Crippen LogP contribution < -0.4 is 10.6 Å². The molecule has 6 nitrogen and oxygen atoms in total. The summed E-state index contributed by atoms with van der Waals surface area (Å²) in [5.74, 6) is 0.378. The summed E-state index contributed by atoms with van der Waals surface area (Å²) in [5.41, 5.74) is 1.47. The van der Waals surface area contributed by atoms with Crippen LogP contribution in [0.3, 0.4) is 0 Å². The lowest BCUT2D eigenvalue weighted by atomic mass is 9.90. The molecule has 1 saturated heterocycles. The molecule has 138 valence electrons. The van der Waals surface area contributed by atoms with Gasteiger partial charge in [-0.2, -0.15) is 5.26 Å². The molecule has 26 heavy (non-hydrogen) atoms. The summed E-state index contributed by atoms with van der Waals surface area (Å²) in [6.45, 7) is 2.55. The van der Waals surface area contributed by atoms with Crippen LogP contribution >= 0.6 is 0 Å². The van der Waals surface area contributed by atoms with Crippen LogP contribution in [0.2, 0.25) is 0 Å². The van der Waals surface area contributed by atoms with Gasteiger partial charge in [-0.05, 0) is 37.2 Å². The predicted molar refractivity (Wildman–Crippen MR) is 99.8 cm³/mol. The van der Waals surface area contributed by atoms with Gasteiger partial charge in [0.2, 0.25) is 6.41 Å². The zero-order valence-corrected chi connectivity index (χ0v) is 15.0. The number of piperidine rings is 1. The molecule has 0 bridgehead atoms. The van der Waals surface area contributed by atoms with Crippen molar-refractivity contribution in [3.63, 3.8) is 0 Å². The number of benzene rings is 1. The molecule has 0 radical (unpaired) electrons. The molecule has 0 spiro atoms. The van der Waals surface area contributed by atoms with Gasteiger partial charge in [-0.25, -0.2) is 0 Å². The molecule has 0 atom stereocenters. The molecule has 1 aromatic carbocycles. The molecule has 1 fully saturated rings. The van der Waals surface area contributed by atoms with Crippen LogP contribution in [0, 0.1) is 17.2 Å². The molecule has 0 saturated carbocycles. The molecule has 2 N–H and O–H groups in total. The van der Waals surface area contributed by atoms with Gasteiger partial charge in [0.1, 0.15) is 11.6 Å². The van der Waals surface area contributed by atoms with E-state index in [1.807, 2.05) is 12.1 Å². The summed E-state index contributed by atoms with van der Waals surface area (Å²) >= 11 is 0. The van der Waals surface area contributed by atoms with Crippen LogP contribution in [0.15, 0.2) is 42.1 Å². The Morgan fingerprint density at radius 3 is 2.54 bits per heavy atom. The number of nitrogens with zero attached hydrogens (tertiary/aromatic N) is 2. The topological polar surface area (TPSA) is 85.2 Å².